The predicted molar refractivity (Wildman–Crippen MR) is 108 cm³/mol. The Morgan fingerprint density at radius 2 is 1.82 bits per heavy atom. The zero-order chi connectivity index (χ0) is 20.3. The molecular formula is C22H24N2O4. The van der Waals surface area contributed by atoms with Gasteiger partial charge in [0.05, 0.1) is 5.69 Å². The van der Waals surface area contributed by atoms with E-state index in [4.69, 9.17) is 4.74 Å². The van der Waals surface area contributed by atoms with Crippen molar-refractivity contribution in [3.8, 4) is 5.75 Å². The number of nitrogens with zero attached hydrogens (tertiary/aromatic N) is 1. The molecule has 0 aliphatic carbocycles. The molecular weight excluding hydrogens is 356 g/mol. The second-order valence-electron chi connectivity index (χ2n) is 7.17. The van der Waals surface area contributed by atoms with Gasteiger partial charge in [-0.15, -0.1) is 0 Å². The van der Waals surface area contributed by atoms with Gasteiger partial charge in [-0.25, -0.2) is 0 Å². The molecule has 0 radical (unpaired) electrons. The molecule has 146 valence electrons. The number of ether oxygens (including phenoxy) is 1. The zero-order valence-corrected chi connectivity index (χ0v) is 16.3. The van der Waals surface area contributed by atoms with Crippen LogP contribution in [0.2, 0.25) is 0 Å². The van der Waals surface area contributed by atoms with Crippen LogP contribution in [-0.4, -0.2) is 31.3 Å². The molecule has 0 fully saturated rings. The molecule has 2 aromatic rings. The van der Waals surface area contributed by atoms with Gasteiger partial charge in [-0.2, -0.15) is 0 Å². The number of fused-ring (bicyclic) bond motifs is 1. The number of likely N-dealkylation sites (N-methyl/N-ethyl adjacent to an activating group) is 1. The van der Waals surface area contributed by atoms with Gasteiger partial charge in [0.2, 0.25) is 5.91 Å². The third-order valence-corrected chi connectivity index (χ3v) is 4.81. The van der Waals surface area contributed by atoms with Crippen LogP contribution in [0.4, 0.5) is 11.4 Å². The van der Waals surface area contributed by atoms with Gasteiger partial charge in [0.1, 0.15) is 5.75 Å². The van der Waals surface area contributed by atoms with Crippen molar-refractivity contribution in [2.75, 3.05) is 23.9 Å². The number of rotatable bonds is 6. The minimum Gasteiger partial charge on any atom is -0.482 e. The highest BCUT2D eigenvalue weighted by molar-refractivity contribution is 6.03. The molecule has 1 aliphatic heterocycles. The van der Waals surface area contributed by atoms with Crippen molar-refractivity contribution in [2.24, 2.45) is 0 Å². The Kier molecular flexibility index (Phi) is 5.78. The van der Waals surface area contributed by atoms with Gasteiger partial charge in [-0.1, -0.05) is 26.0 Å². The summed E-state index contributed by atoms with van der Waals surface area (Å²) in [6.07, 6.45) is 0.181. The minimum atomic E-state index is -0.209. The molecule has 28 heavy (non-hydrogen) atoms. The third-order valence-electron chi connectivity index (χ3n) is 4.81. The number of hydrogen-bond donors (Lipinski definition) is 1. The van der Waals surface area contributed by atoms with Gasteiger partial charge in [0.15, 0.2) is 12.4 Å². The highest BCUT2D eigenvalue weighted by Crippen LogP contribution is 2.32. The van der Waals surface area contributed by atoms with Crippen LogP contribution in [0.1, 0.15) is 48.5 Å². The summed E-state index contributed by atoms with van der Waals surface area (Å²) in [7, 11) is 1.65. The molecule has 6 heteroatoms. The maximum Gasteiger partial charge on any atom is 0.264 e. The highest BCUT2D eigenvalue weighted by Gasteiger charge is 2.23. The molecule has 0 bridgehead atoms. The molecule has 3 rings (SSSR count). The van der Waals surface area contributed by atoms with Crippen LogP contribution in [0.25, 0.3) is 0 Å². The maximum absolute atomic E-state index is 12.5. The van der Waals surface area contributed by atoms with Crippen molar-refractivity contribution in [3.63, 3.8) is 0 Å². The first-order valence-corrected chi connectivity index (χ1v) is 9.31. The van der Waals surface area contributed by atoms with E-state index in [1.165, 1.54) is 10.5 Å². The first kappa shape index (κ1) is 19.6. The van der Waals surface area contributed by atoms with Crippen LogP contribution < -0.4 is 15.0 Å². The average molecular weight is 380 g/mol. The first-order valence-electron chi connectivity index (χ1n) is 9.31. The van der Waals surface area contributed by atoms with Crippen molar-refractivity contribution in [3.05, 3.63) is 53.6 Å². The van der Waals surface area contributed by atoms with E-state index in [2.05, 4.69) is 19.2 Å². The number of benzene rings is 2. The van der Waals surface area contributed by atoms with Crippen molar-refractivity contribution in [1.29, 1.82) is 0 Å². The summed E-state index contributed by atoms with van der Waals surface area (Å²) in [6.45, 7) is 4.22. The zero-order valence-electron chi connectivity index (χ0n) is 16.3. The number of Topliss-reactive ketones (excluding diaryl/α,β-unsaturated/α-hetero) is 1. The van der Waals surface area contributed by atoms with Gasteiger partial charge >= 0.3 is 0 Å². The van der Waals surface area contributed by atoms with Crippen LogP contribution in [0.15, 0.2) is 42.5 Å². The van der Waals surface area contributed by atoms with E-state index in [0.29, 0.717) is 28.6 Å². The summed E-state index contributed by atoms with van der Waals surface area (Å²) < 4.78 is 5.36. The molecule has 0 saturated carbocycles. The SMILES string of the molecule is CC(C)c1ccc(NC(=O)CCC(=O)c2ccc3c(c2)N(C)C(=O)CO3)cc1. The normalized spacial score (nSPS) is 13.1. The third kappa shape index (κ3) is 4.39. The fourth-order valence-corrected chi connectivity index (χ4v) is 2.99. The number of carbonyl (C=O) groups excluding carboxylic acids is 3. The van der Waals surface area contributed by atoms with Crippen LogP contribution in [-0.2, 0) is 9.59 Å². The molecule has 2 aromatic carbocycles. The maximum atomic E-state index is 12.5. The Balaban J connectivity index is 1.58. The van der Waals surface area contributed by atoms with E-state index in [-0.39, 0.29) is 37.0 Å². The van der Waals surface area contributed by atoms with E-state index < -0.39 is 0 Å². The lowest BCUT2D eigenvalue weighted by Crippen LogP contribution is -2.35. The number of hydrogen-bond acceptors (Lipinski definition) is 4. The number of ketones is 1. The molecule has 0 aromatic heterocycles. The van der Waals surface area contributed by atoms with Gasteiger partial charge in [-0.05, 0) is 41.8 Å². The van der Waals surface area contributed by atoms with E-state index in [9.17, 15) is 14.4 Å². The Morgan fingerprint density at radius 3 is 2.50 bits per heavy atom. The molecule has 1 heterocycles. The molecule has 0 saturated heterocycles. The fourth-order valence-electron chi connectivity index (χ4n) is 2.99. The minimum absolute atomic E-state index is 0.00485. The predicted octanol–water partition coefficient (Wildman–Crippen LogP) is 3.77. The highest BCUT2D eigenvalue weighted by atomic mass is 16.5. The molecule has 1 N–H and O–H groups in total. The van der Waals surface area contributed by atoms with E-state index >= 15 is 0 Å². The lowest BCUT2D eigenvalue weighted by atomic mass is 10.0. The second-order valence-corrected chi connectivity index (χ2v) is 7.17. The Morgan fingerprint density at radius 1 is 1.11 bits per heavy atom. The Hall–Kier alpha value is -3.15. The van der Waals surface area contributed by atoms with E-state index in [1.54, 1.807) is 25.2 Å². The largest absolute Gasteiger partial charge is 0.482 e. The molecule has 0 unspecified atom stereocenters. The Labute approximate surface area is 164 Å². The second kappa shape index (κ2) is 8.25. The fraction of sp³-hybridized carbons (Fsp3) is 0.318. The van der Waals surface area contributed by atoms with Crippen molar-refractivity contribution in [2.45, 2.75) is 32.6 Å². The molecule has 2 amide bonds. The molecule has 0 spiro atoms. The van der Waals surface area contributed by atoms with Gasteiger partial charge in [0, 0.05) is 31.1 Å². The lowest BCUT2D eigenvalue weighted by Gasteiger charge is -2.26. The standard InChI is InChI=1S/C22H24N2O4/c1-14(2)15-4-7-17(8-5-15)23-21(26)11-9-19(25)16-6-10-20-18(12-16)24(3)22(27)13-28-20/h4-8,10,12,14H,9,11,13H2,1-3H3,(H,23,26). The monoisotopic (exact) mass is 380 g/mol. The number of anilines is 2. The van der Waals surface area contributed by atoms with Crippen molar-refractivity contribution in [1.82, 2.24) is 0 Å². The lowest BCUT2D eigenvalue weighted by molar-refractivity contribution is -0.121. The molecule has 1 aliphatic rings. The van der Waals surface area contributed by atoms with Crippen LogP contribution in [0, 0.1) is 0 Å². The Bertz CT molecular complexity index is 903. The smallest absolute Gasteiger partial charge is 0.264 e. The summed E-state index contributed by atoms with van der Waals surface area (Å²) in [4.78, 5) is 37.9. The van der Waals surface area contributed by atoms with Crippen LogP contribution >= 0.6 is 0 Å². The number of nitrogens with one attached hydrogen (secondary N) is 1. The van der Waals surface area contributed by atoms with Gasteiger partial charge in [-0.3, -0.25) is 14.4 Å². The van der Waals surface area contributed by atoms with Crippen LogP contribution in [0.3, 0.4) is 0 Å². The number of amides is 2. The summed E-state index contributed by atoms with van der Waals surface area (Å²) in [5.74, 6) is 0.471. The topological polar surface area (TPSA) is 75.7 Å². The van der Waals surface area contributed by atoms with Gasteiger partial charge < -0.3 is 15.0 Å². The quantitative estimate of drug-likeness (QED) is 0.774. The van der Waals surface area contributed by atoms with Crippen molar-refractivity contribution < 1.29 is 19.1 Å². The summed E-state index contributed by atoms with van der Waals surface area (Å²) in [5.41, 5.74) is 2.94. The summed E-state index contributed by atoms with van der Waals surface area (Å²) in [6, 6.07) is 12.7. The van der Waals surface area contributed by atoms with Gasteiger partial charge in [0.25, 0.3) is 5.91 Å². The number of carbonyl (C=O) groups is 3. The average Bonchev–Trinajstić information content (AvgIpc) is 2.69. The van der Waals surface area contributed by atoms with Crippen molar-refractivity contribution >= 4 is 29.0 Å². The molecule has 0 atom stereocenters. The van der Waals surface area contributed by atoms with E-state index in [0.717, 1.165) is 0 Å². The van der Waals surface area contributed by atoms with Crippen LogP contribution in [0.5, 0.6) is 5.75 Å². The summed E-state index contributed by atoms with van der Waals surface area (Å²) >= 11 is 0. The van der Waals surface area contributed by atoms with E-state index in [1.807, 2.05) is 24.3 Å². The summed E-state index contributed by atoms with van der Waals surface area (Å²) in [5, 5.41) is 2.81. The first-order chi connectivity index (χ1) is 13.3. The molecule has 6 nitrogen and oxygen atoms in total.